The summed E-state index contributed by atoms with van der Waals surface area (Å²) in [6.07, 6.45) is 0. The van der Waals surface area contributed by atoms with Gasteiger partial charge in [-0.25, -0.2) is 4.98 Å². The molecule has 15 aromatic rings. The molecule has 0 aliphatic rings. The Balaban J connectivity index is 1.08. The number of benzene rings is 10. The van der Waals surface area contributed by atoms with Crippen LogP contribution in [0.5, 0.6) is 0 Å². The number of fused-ring (bicyclic) bond motifs is 15. The summed E-state index contributed by atoms with van der Waals surface area (Å²) in [7, 11) is 0. The van der Waals surface area contributed by atoms with E-state index in [1.165, 1.54) is 21.5 Å². The van der Waals surface area contributed by atoms with Crippen LogP contribution in [0.15, 0.2) is 209 Å². The molecule has 0 aliphatic heterocycles. The van der Waals surface area contributed by atoms with Crippen LogP contribution < -0.4 is 0 Å². The molecule has 0 aliphatic carbocycles. The van der Waals surface area contributed by atoms with Crippen LogP contribution in [-0.2, 0) is 0 Å². The maximum atomic E-state index is 7.28. The lowest BCUT2D eigenvalue weighted by Crippen LogP contribution is -2.07. The first-order valence-corrected chi connectivity index (χ1v) is 22.2. The zero-order chi connectivity index (χ0) is 43.0. The van der Waals surface area contributed by atoms with Gasteiger partial charge in [-0.2, -0.15) is 9.97 Å². The molecule has 7 nitrogen and oxygen atoms in total. The van der Waals surface area contributed by atoms with Crippen molar-refractivity contribution in [3.8, 4) is 34.4 Å². The third-order valence-corrected chi connectivity index (χ3v) is 13.6. The van der Waals surface area contributed by atoms with E-state index in [1.807, 2.05) is 30.3 Å². The van der Waals surface area contributed by atoms with Gasteiger partial charge in [-0.05, 0) is 76.8 Å². The molecule has 0 fully saturated rings. The lowest BCUT2D eigenvalue weighted by Gasteiger charge is -2.14. The van der Waals surface area contributed by atoms with Gasteiger partial charge in [0.1, 0.15) is 22.3 Å². The Hall–Kier alpha value is -9.07. The summed E-state index contributed by atoms with van der Waals surface area (Å²) in [5.41, 5.74) is 9.95. The number of nitrogens with zero attached hydrogens (tertiary/aromatic N) is 5. The van der Waals surface area contributed by atoms with Gasteiger partial charge in [-0.1, -0.05) is 140 Å². The summed E-state index contributed by atoms with van der Waals surface area (Å²) >= 11 is 0. The first-order chi connectivity index (χ1) is 32.7. The van der Waals surface area contributed by atoms with Crippen LogP contribution in [0.25, 0.3) is 143 Å². The van der Waals surface area contributed by atoms with Crippen molar-refractivity contribution in [1.82, 2.24) is 24.1 Å². The van der Waals surface area contributed by atoms with E-state index in [9.17, 15) is 0 Å². The van der Waals surface area contributed by atoms with Gasteiger partial charge in [0, 0.05) is 48.7 Å². The molecule has 0 unspecified atom stereocenters. The van der Waals surface area contributed by atoms with Crippen molar-refractivity contribution in [2.24, 2.45) is 0 Å². The molecule has 0 N–H and O–H groups in total. The van der Waals surface area contributed by atoms with Crippen molar-refractivity contribution in [3.05, 3.63) is 200 Å². The molecular formula is C59H33N5O2. The van der Waals surface area contributed by atoms with Crippen molar-refractivity contribution in [2.75, 3.05) is 0 Å². The Morgan fingerprint density at radius 3 is 1.67 bits per heavy atom. The second-order valence-electron chi connectivity index (χ2n) is 17.1. The highest BCUT2D eigenvalue weighted by molar-refractivity contribution is 6.22. The molecule has 7 heteroatoms. The van der Waals surface area contributed by atoms with E-state index in [-0.39, 0.29) is 0 Å². The monoisotopic (exact) mass is 843 g/mol. The Morgan fingerprint density at radius 2 is 0.909 bits per heavy atom. The molecule has 66 heavy (non-hydrogen) atoms. The average molecular weight is 844 g/mol. The van der Waals surface area contributed by atoms with Crippen LogP contribution in [0, 0.1) is 0 Å². The minimum absolute atomic E-state index is 0.495. The van der Waals surface area contributed by atoms with Gasteiger partial charge in [0.25, 0.3) is 0 Å². The van der Waals surface area contributed by atoms with Crippen LogP contribution in [-0.4, -0.2) is 24.1 Å². The third-order valence-electron chi connectivity index (χ3n) is 13.6. The second-order valence-corrected chi connectivity index (χ2v) is 17.1. The van der Waals surface area contributed by atoms with Crippen LogP contribution >= 0.6 is 0 Å². The van der Waals surface area contributed by atoms with E-state index in [4.69, 9.17) is 23.8 Å². The molecule has 0 saturated heterocycles. The molecule has 0 spiro atoms. The van der Waals surface area contributed by atoms with E-state index in [2.05, 4.69) is 179 Å². The zero-order valence-corrected chi connectivity index (χ0v) is 35.1. The molecule has 0 bridgehead atoms. The molecular weight excluding hydrogens is 811 g/mol. The topological polar surface area (TPSA) is 74.8 Å². The maximum Gasteiger partial charge on any atom is 0.238 e. The molecule has 5 aromatic heterocycles. The number of hydrogen-bond acceptors (Lipinski definition) is 5. The Labute approximate surface area is 375 Å². The van der Waals surface area contributed by atoms with Gasteiger partial charge in [-0.15, -0.1) is 0 Å². The van der Waals surface area contributed by atoms with E-state index in [0.29, 0.717) is 23.2 Å². The number of rotatable bonds is 4. The highest BCUT2D eigenvalue weighted by Crippen LogP contribution is 2.45. The molecule has 0 atom stereocenters. The largest absolute Gasteiger partial charge is 0.456 e. The quantitative estimate of drug-likeness (QED) is 0.176. The molecule has 15 rings (SSSR count). The van der Waals surface area contributed by atoms with Crippen LogP contribution in [0.2, 0.25) is 0 Å². The summed E-state index contributed by atoms with van der Waals surface area (Å²) in [5, 5.41) is 13.1. The molecule has 5 heterocycles. The Kier molecular flexibility index (Phi) is 7.10. The standard InChI is InChI=1S/C59H33N5O2/c1-2-16-36-33-50-45(32-35(36)15-1)40-20-7-9-23-46(40)63(50)49-31-30-44(56-54(49)42-29-28-34-14-3-4-17-37(34)55(42)66-56)58-60-57(43-22-13-27-52-53(43)41-21-8-12-26-51(41)65-52)61-59(62-58)64-47-24-10-5-18-38(47)39-19-6-11-25-48(39)64/h1-33H. The summed E-state index contributed by atoms with van der Waals surface area (Å²) in [5.74, 6) is 1.53. The third kappa shape index (κ3) is 4.88. The predicted octanol–water partition coefficient (Wildman–Crippen LogP) is 15.5. The number of para-hydroxylation sites is 4. The van der Waals surface area contributed by atoms with Gasteiger partial charge < -0.3 is 13.4 Å². The Bertz CT molecular complexity index is 4500. The molecule has 0 amide bonds. The van der Waals surface area contributed by atoms with Crippen LogP contribution in [0.4, 0.5) is 0 Å². The second kappa shape index (κ2) is 13.2. The first kappa shape index (κ1) is 35.4. The smallest absolute Gasteiger partial charge is 0.238 e. The lowest BCUT2D eigenvalue weighted by atomic mass is 10.0. The average Bonchev–Trinajstić information content (AvgIpc) is 4.13. The molecule has 0 radical (unpaired) electrons. The van der Waals surface area contributed by atoms with Crippen molar-refractivity contribution >= 4 is 109 Å². The summed E-state index contributed by atoms with van der Waals surface area (Å²) < 4.78 is 18.3. The summed E-state index contributed by atoms with van der Waals surface area (Å²) in [4.78, 5) is 16.3. The molecule has 0 saturated carbocycles. The number of hydrogen-bond donors (Lipinski definition) is 0. The van der Waals surface area contributed by atoms with Crippen molar-refractivity contribution in [3.63, 3.8) is 0 Å². The van der Waals surface area contributed by atoms with Crippen molar-refractivity contribution in [1.29, 1.82) is 0 Å². The number of furan rings is 2. The van der Waals surface area contributed by atoms with E-state index < -0.39 is 0 Å². The SMILES string of the molecule is c1ccc2cc3c(cc2c1)c1ccccc1n3-c1ccc(-c2nc(-c3cccc4oc5ccccc5c34)nc(-n3c4ccccc4c4ccccc43)n2)c2oc3c4ccccc4ccc3c12. The van der Waals surface area contributed by atoms with E-state index >= 15 is 0 Å². The minimum atomic E-state index is 0.495. The van der Waals surface area contributed by atoms with Gasteiger partial charge in [-0.3, -0.25) is 4.57 Å². The van der Waals surface area contributed by atoms with E-state index in [1.54, 1.807) is 0 Å². The highest BCUT2D eigenvalue weighted by atomic mass is 16.3. The van der Waals surface area contributed by atoms with Crippen molar-refractivity contribution in [2.45, 2.75) is 0 Å². The fourth-order valence-electron chi connectivity index (χ4n) is 10.7. The fraction of sp³-hybridized carbons (Fsp3) is 0. The number of aromatic nitrogens is 5. The lowest BCUT2D eigenvalue weighted by molar-refractivity contribution is 0.669. The summed E-state index contributed by atoms with van der Waals surface area (Å²) in [6.45, 7) is 0. The maximum absolute atomic E-state index is 7.28. The zero-order valence-electron chi connectivity index (χ0n) is 35.1. The normalized spacial score (nSPS) is 12.2. The first-order valence-electron chi connectivity index (χ1n) is 22.2. The van der Waals surface area contributed by atoms with Gasteiger partial charge in [0.05, 0.1) is 38.7 Å². The molecule has 10 aromatic carbocycles. The van der Waals surface area contributed by atoms with Gasteiger partial charge >= 0.3 is 0 Å². The van der Waals surface area contributed by atoms with Gasteiger partial charge in [0.2, 0.25) is 5.95 Å². The predicted molar refractivity (Wildman–Crippen MR) is 269 cm³/mol. The Morgan fingerprint density at radius 1 is 0.318 bits per heavy atom. The molecule has 306 valence electrons. The fourth-order valence-corrected chi connectivity index (χ4v) is 10.7. The van der Waals surface area contributed by atoms with Crippen molar-refractivity contribution < 1.29 is 8.83 Å². The summed E-state index contributed by atoms with van der Waals surface area (Å²) in [6, 6.07) is 70.2. The van der Waals surface area contributed by atoms with Crippen LogP contribution in [0.1, 0.15) is 0 Å². The highest BCUT2D eigenvalue weighted by Gasteiger charge is 2.26. The minimum Gasteiger partial charge on any atom is -0.456 e. The van der Waals surface area contributed by atoms with E-state index in [0.717, 1.165) is 98.7 Å². The van der Waals surface area contributed by atoms with Crippen LogP contribution in [0.3, 0.4) is 0 Å². The van der Waals surface area contributed by atoms with Gasteiger partial charge in [0.15, 0.2) is 11.6 Å².